The van der Waals surface area contributed by atoms with E-state index in [1.54, 1.807) is 25.1 Å². The molecule has 0 spiro atoms. The van der Waals surface area contributed by atoms with Gasteiger partial charge in [-0.2, -0.15) is 0 Å². The molecule has 1 aliphatic rings. The molecular formula is C29H27N3O3. The number of H-pyrrole nitrogens is 1. The summed E-state index contributed by atoms with van der Waals surface area (Å²) < 4.78 is 5.92. The first-order valence-corrected chi connectivity index (χ1v) is 11.6. The maximum atomic E-state index is 13.3. The van der Waals surface area contributed by atoms with Crippen molar-refractivity contribution >= 4 is 28.8 Å². The average Bonchev–Trinajstić information content (AvgIpc) is 3.30. The van der Waals surface area contributed by atoms with Crippen LogP contribution in [0.3, 0.4) is 0 Å². The molecule has 6 nitrogen and oxygen atoms in total. The summed E-state index contributed by atoms with van der Waals surface area (Å²) in [5, 5.41) is 1.07. The highest BCUT2D eigenvalue weighted by Gasteiger charge is 2.39. The van der Waals surface area contributed by atoms with Crippen molar-refractivity contribution in [3.63, 3.8) is 0 Å². The number of aromatic amines is 1. The lowest BCUT2D eigenvalue weighted by Crippen LogP contribution is -2.56. The van der Waals surface area contributed by atoms with E-state index in [-0.39, 0.29) is 11.8 Å². The van der Waals surface area contributed by atoms with Gasteiger partial charge in [0.15, 0.2) is 0 Å². The standard InChI is InChI=1S/C29H27N3O3/c1-31-26(16-21-11-8-12-23(15-21)35-19-20-9-4-3-5-10-20)28(33)32(2)27(29(31)34)17-22-18-30-25-14-7-6-13-24(22)25/h3-16,18,27,30H,17,19H2,1-2H3/b26-16-. The number of nitrogens with zero attached hydrogens (tertiary/aromatic N) is 2. The number of ether oxygens (including phenoxy) is 1. The number of amides is 2. The van der Waals surface area contributed by atoms with Gasteiger partial charge in [-0.3, -0.25) is 9.59 Å². The summed E-state index contributed by atoms with van der Waals surface area (Å²) in [6, 6.07) is 24.9. The van der Waals surface area contributed by atoms with Crippen molar-refractivity contribution in [3.8, 4) is 5.75 Å². The maximum Gasteiger partial charge on any atom is 0.271 e. The van der Waals surface area contributed by atoms with E-state index in [0.717, 1.165) is 27.6 Å². The van der Waals surface area contributed by atoms with E-state index in [0.29, 0.717) is 24.5 Å². The summed E-state index contributed by atoms with van der Waals surface area (Å²) in [4.78, 5) is 32.9. The summed E-state index contributed by atoms with van der Waals surface area (Å²) in [6.45, 7) is 0.455. The van der Waals surface area contributed by atoms with Crippen molar-refractivity contribution in [2.24, 2.45) is 0 Å². The molecule has 176 valence electrons. The predicted octanol–water partition coefficient (Wildman–Crippen LogP) is 4.63. The fourth-order valence-corrected chi connectivity index (χ4v) is 4.46. The fraction of sp³-hybridized carbons (Fsp3) is 0.172. The monoisotopic (exact) mass is 465 g/mol. The molecule has 1 saturated heterocycles. The van der Waals surface area contributed by atoms with E-state index in [1.165, 1.54) is 4.90 Å². The number of aromatic nitrogens is 1. The number of hydrogen-bond donors (Lipinski definition) is 1. The van der Waals surface area contributed by atoms with Crippen LogP contribution in [0.5, 0.6) is 5.75 Å². The Labute approximate surface area is 204 Å². The van der Waals surface area contributed by atoms with Crippen LogP contribution in [0, 0.1) is 0 Å². The van der Waals surface area contributed by atoms with Gasteiger partial charge in [0.1, 0.15) is 24.1 Å². The third-order valence-electron chi connectivity index (χ3n) is 6.48. The molecule has 1 aliphatic heterocycles. The summed E-state index contributed by atoms with van der Waals surface area (Å²) in [5.41, 5.74) is 4.24. The minimum absolute atomic E-state index is 0.111. The number of benzene rings is 3. The molecule has 35 heavy (non-hydrogen) atoms. The molecule has 2 heterocycles. The second-order valence-corrected chi connectivity index (χ2v) is 8.77. The summed E-state index contributed by atoms with van der Waals surface area (Å²) in [7, 11) is 3.36. The average molecular weight is 466 g/mol. The Bertz CT molecular complexity index is 1410. The molecule has 6 heteroatoms. The van der Waals surface area contributed by atoms with Crippen LogP contribution in [0.25, 0.3) is 17.0 Å². The van der Waals surface area contributed by atoms with E-state index >= 15 is 0 Å². The molecule has 1 aromatic heterocycles. The minimum Gasteiger partial charge on any atom is -0.489 e. The fourth-order valence-electron chi connectivity index (χ4n) is 4.46. The topological polar surface area (TPSA) is 65.6 Å². The van der Waals surface area contributed by atoms with Gasteiger partial charge in [-0.1, -0.05) is 60.7 Å². The third kappa shape index (κ3) is 4.55. The zero-order chi connectivity index (χ0) is 24.4. The highest BCUT2D eigenvalue weighted by Crippen LogP contribution is 2.27. The summed E-state index contributed by atoms with van der Waals surface area (Å²) >= 11 is 0. The van der Waals surface area contributed by atoms with Crippen LogP contribution in [0.4, 0.5) is 0 Å². The first-order chi connectivity index (χ1) is 17.0. The number of nitrogens with one attached hydrogen (secondary N) is 1. The van der Waals surface area contributed by atoms with Crippen LogP contribution in [-0.4, -0.2) is 46.7 Å². The molecule has 3 aromatic carbocycles. The van der Waals surface area contributed by atoms with Gasteiger partial charge in [-0.15, -0.1) is 0 Å². The number of fused-ring (bicyclic) bond motifs is 1. The maximum absolute atomic E-state index is 13.3. The Morgan fingerprint density at radius 1 is 0.943 bits per heavy atom. The molecule has 1 unspecified atom stereocenters. The summed E-state index contributed by atoms with van der Waals surface area (Å²) in [6.07, 6.45) is 4.11. The first kappa shape index (κ1) is 22.5. The zero-order valence-electron chi connectivity index (χ0n) is 19.8. The number of likely N-dealkylation sites (N-methyl/N-ethyl adjacent to an activating group) is 2. The quantitative estimate of drug-likeness (QED) is 0.422. The van der Waals surface area contributed by atoms with E-state index in [1.807, 2.05) is 85.1 Å². The second-order valence-electron chi connectivity index (χ2n) is 8.77. The molecule has 0 radical (unpaired) electrons. The van der Waals surface area contributed by atoms with Gasteiger partial charge in [0.05, 0.1) is 0 Å². The number of carbonyl (C=O) groups excluding carboxylic acids is 2. The van der Waals surface area contributed by atoms with Crippen LogP contribution in [0.1, 0.15) is 16.7 Å². The molecule has 1 N–H and O–H groups in total. The molecule has 0 aliphatic carbocycles. The van der Waals surface area contributed by atoms with Gasteiger partial charge in [-0.05, 0) is 41.0 Å². The van der Waals surface area contributed by atoms with Crippen molar-refractivity contribution in [1.29, 1.82) is 0 Å². The van der Waals surface area contributed by atoms with E-state index in [9.17, 15) is 9.59 Å². The summed E-state index contributed by atoms with van der Waals surface area (Å²) in [5.74, 6) is 0.402. The highest BCUT2D eigenvalue weighted by molar-refractivity contribution is 6.07. The zero-order valence-corrected chi connectivity index (χ0v) is 19.8. The van der Waals surface area contributed by atoms with Crippen molar-refractivity contribution in [1.82, 2.24) is 14.8 Å². The molecule has 4 aromatic rings. The Balaban J connectivity index is 1.35. The highest BCUT2D eigenvalue weighted by atomic mass is 16.5. The van der Waals surface area contributed by atoms with E-state index in [4.69, 9.17) is 4.74 Å². The predicted molar refractivity (Wildman–Crippen MR) is 137 cm³/mol. The number of hydrogen-bond acceptors (Lipinski definition) is 3. The molecule has 5 rings (SSSR count). The molecule has 2 amide bonds. The molecule has 1 fully saturated rings. The first-order valence-electron chi connectivity index (χ1n) is 11.6. The SMILES string of the molecule is CN1C(=O)C(Cc2c[nH]c3ccccc23)N(C)C(=O)/C1=C/c1cccc(OCc2ccccc2)c1. The normalized spacial score (nSPS) is 17.4. The van der Waals surface area contributed by atoms with Crippen LogP contribution in [-0.2, 0) is 22.6 Å². The van der Waals surface area contributed by atoms with Gasteiger partial charge >= 0.3 is 0 Å². The van der Waals surface area contributed by atoms with Gasteiger partial charge in [0.2, 0.25) is 5.91 Å². The second kappa shape index (κ2) is 9.50. The van der Waals surface area contributed by atoms with E-state index in [2.05, 4.69) is 4.98 Å². The Morgan fingerprint density at radius 3 is 2.54 bits per heavy atom. The van der Waals surface area contributed by atoms with Crippen LogP contribution >= 0.6 is 0 Å². The van der Waals surface area contributed by atoms with Crippen molar-refractivity contribution < 1.29 is 14.3 Å². The third-order valence-corrected chi connectivity index (χ3v) is 6.48. The molecule has 0 bridgehead atoms. The van der Waals surface area contributed by atoms with Crippen molar-refractivity contribution in [2.75, 3.05) is 14.1 Å². The van der Waals surface area contributed by atoms with Gasteiger partial charge < -0.3 is 19.5 Å². The lowest BCUT2D eigenvalue weighted by atomic mass is 9.99. The van der Waals surface area contributed by atoms with Gasteiger partial charge in [-0.25, -0.2) is 0 Å². The van der Waals surface area contributed by atoms with Crippen LogP contribution in [0.2, 0.25) is 0 Å². The Morgan fingerprint density at radius 2 is 1.71 bits per heavy atom. The largest absolute Gasteiger partial charge is 0.489 e. The Hall–Kier alpha value is -4.32. The van der Waals surface area contributed by atoms with Crippen LogP contribution in [0.15, 0.2) is 90.8 Å². The molecular weight excluding hydrogens is 438 g/mol. The molecule has 1 atom stereocenters. The molecule has 0 saturated carbocycles. The van der Waals surface area contributed by atoms with E-state index < -0.39 is 6.04 Å². The Kier molecular flexibility index (Phi) is 6.10. The lowest BCUT2D eigenvalue weighted by Gasteiger charge is -2.38. The van der Waals surface area contributed by atoms with Gasteiger partial charge in [0, 0.05) is 37.6 Å². The van der Waals surface area contributed by atoms with Gasteiger partial charge in [0.25, 0.3) is 5.91 Å². The van der Waals surface area contributed by atoms with Crippen molar-refractivity contribution in [2.45, 2.75) is 19.1 Å². The number of para-hydroxylation sites is 1. The van der Waals surface area contributed by atoms with Crippen molar-refractivity contribution in [3.05, 3.63) is 107 Å². The number of piperazine rings is 1. The smallest absolute Gasteiger partial charge is 0.271 e. The number of carbonyl (C=O) groups is 2. The minimum atomic E-state index is -0.565. The lowest BCUT2D eigenvalue weighted by molar-refractivity contribution is -0.148. The van der Waals surface area contributed by atoms with Crippen LogP contribution < -0.4 is 4.74 Å². The number of rotatable bonds is 6.